The third kappa shape index (κ3) is 4.59. The van der Waals surface area contributed by atoms with Gasteiger partial charge in [0.15, 0.2) is 5.54 Å². The number of benzene rings is 3. The van der Waals surface area contributed by atoms with Crippen molar-refractivity contribution in [2.45, 2.75) is 43.1 Å². The third-order valence-corrected chi connectivity index (χ3v) is 10.3. The average Bonchev–Trinajstić information content (AvgIpc) is 3.74. The number of hydrogen-bond donors (Lipinski definition) is 0. The molecule has 4 nitrogen and oxygen atoms in total. The Morgan fingerprint density at radius 2 is 1.45 bits per heavy atom. The number of piperidine rings is 1. The van der Waals surface area contributed by atoms with E-state index in [-0.39, 0.29) is 17.5 Å². The number of fused-ring (bicyclic) bond motifs is 2. The average molecular weight is 582 g/mol. The van der Waals surface area contributed by atoms with Crippen LogP contribution >= 0.6 is 11.3 Å². The van der Waals surface area contributed by atoms with E-state index in [1.165, 1.54) is 66.8 Å². The lowest BCUT2D eigenvalue weighted by atomic mass is 9.74. The zero-order chi connectivity index (χ0) is 28.7. The number of thiophene rings is 1. The molecule has 1 fully saturated rings. The van der Waals surface area contributed by atoms with Crippen LogP contribution in [-0.4, -0.2) is 47.7 Å². The first-order valence-corrected chi connectivity index (χ1v) is 15.7. The van der Waals surface area contributed by atoms with Crippen molar-refractivity contribution in [2.24, 2.45) is 4.99 Å². The van der Waals surface area contributed by atoms with Crippen LogP contribution in [0.5, 0.6) is 0 Å². The molecule has 0 bridgehead atoms. The van der Waals surface area contributed by atoms with Crippen molar-refractivity contribution >= 4 is 23.1 Å². The van der Waals surface area contributed by atoms with Gasteiger partial charge in [0.1, 0.15) is 17.5 Å². The second-order valence-corrected chi connectivity index (χ2v) is 12.7. The van der Waals surface area contributed by atoms with Crippen molar-refractivity contribution in [1.82, 2.24) is 9.80 Å². The van der Waals surface area contributed by atoms with E-state index in [0.29, 0.717) is 28.9 Å². The van der Waals surface area contributed by atoms with Gasteiger partial charge in [0.05, 0.1) is 4.88 Å². The van der Waals surface area contributed by atoms with Crippen molar-refractivity contribution < 1.29 is 13.6 Å². The number of amidine groups is 1. The van der Waals surface area contributed by atoms with Crippen LogP contribution in [0.3, 0.4) is 0 Å². The second-order valence-electron chi connectivity index (χ2n) is 11.7. The summed E-state index contributed by atoms with van der Waals surface area (Å²) in [4.78, 5) is 24.8. The number of halogens is 2. The molecule has 4 aromatic rings. The summed E-state index contributed by atoms with van der Waals surface area (Å²) in [5.41, 5.74) is 3.12. The molecule has 0 radical (unpaired) electrons. The smallest absolute Gasteiger partial charge is 0.265 e. The lowest BCUT2D eigenvalue weighted by Crippen LogP contribution is -2.44. The first kappa shape index (κ1) is 27.2. The highest BCUT2D eigenvalue weighted by Crippen LogP contribution is 2.46. The molecule has 7 rings (SSSR count). The zero-order valence-electron chi connectivity index (χ0n) is 23.4. The molecule has 42 heavy (non-hydrogen) atoms. The molecule has 1 aliphatic carbocycles. The van der Waals surface area contributed by atoms with E-state index < -0.39 is 5.54 Å². The Bertz CT molecular complexity index is 1560. The van der Waals surface area contributed by atoms with Crippen molar-refractivity contribution in [3.63, 3.8) is 0 Å². The predicted molar refractivity (Wildman–Crippen MR) is 163 cm³/mol. The number of carbonyl (C=O) groups excluding carboxylic acids is 1. The van der Waals surface area contributed by atoms with Gasteiger partial charge in [0.25, 0.3) is 5.91 Å². The molecule has 1 saturated heterocycles. The fraction of sp³-hybridized carbons (Fsp3) is 0.314. The van der Waals surface area contributed by atoms with E-state index in [1.807, 2.05) is 17.5 Å². The van der Waals surface area contributed by atoms with Crippen LogP contribution in [0.4, 0.5) is 8.78 Å². The Kier molecular flexibility index (Phi) is 7.03. The van der Waals surface area contributed by atoms with Gasteiger partial charge < -0.3 is 4.90 Å². The van der Waals surface area contributed by atoms with Crippen LogP contribution in [0, 0.1) is 11.6 Å². The number of hydrogen-bond acceptors (Lipinski definition) is 4. The number of aryl methyl sites for hydroxylation is 1. The van der Waals surface area contributed by atoms with Crippen molar-refractivity contribution in [2.75, 3.05) is 26.2 Å². The van der Waals surface area contributed by atoms with Gasteiger partial charge in [0, 0.05) is 6.54 Å². The number of carbonyl (C=O) groups is 1. The summed E-state index contributed by atoms with van der Waals surface area (Å²) in [5.74, 6) is -0.350. The van der Waals surface area contributed by atoms with Crippen LogP contribution in [-0.2, 0) is 22.2 Å². The van der Waals surface area contributed by atoms with Gasteiger partial charge in [-0.15, -0.1) is 11.3 Å². The van der Waals surface area contributed by atoms with E-state index in [0.717, 1.165) is 30.9 Å². The van der Waals surface area contributed by atoms with Crippen molar-refractivity contribution in [1.29, 1.82) is 0 Å². The number of rotatable bonds is 7. The highest BCUT2D eigenvalue weighted by atomic mass is 32.1. The van der Waals surface area contributed by atoms with Crippen LogP contribution in [0.25, 0.3) is 0 Å². The summed E-state index contributed by atoms with van der Waals surface area (Å²) in [6.07, 6.45) is 5.59. The number of amides is 1. The molecule has 0 N–H and O–H groups in total. The predicted octanol–water partition coefficient (Wildman–Crippen LogP) is 6.93. The molecule has 1 spiro atoms. The standard InChI is InChI=1S/C35H33F2N3OS/c36-28-12-8-26(9-13-28)35(27-10-14-29(37)15-11-27)33(41)40(32(38-35)31-7-3-24-42-31)21-4-20-39-22-18-34(19-23-39)17-16-25-5-1-2-6-30(25)34/h1-3,5-15,24H,4,16-23H2. The molecule has 214 valence electrons. The van der Waals surface area contributed by atoms with Gasteiger partial charge in [-0.3, -0.25) is 9.69 Å². The van der Waals surface area contributed by atoms with E-state index in [2.05, 4.69) is 29.2 Å². The maximum absolute atomic E-state index is 14.5. The minimum atomic E-state index is -1.41. The highest BCUT2D eigenvalue weighted by molar-refractivity contribution is 7.12. The molecule has 0 unspecified atom stereocenters. The van der Waals surface area contributed by atoms with Gasteiger partial charge >= 0.3 is 0 Å². The Balaban J connectivity index is 1.12. The fourth-order valence-corrected chi connectivity index (χ4v) is 7.95. The molecule has 1 amide bonds. The minimum Gasteiger partial charge on any atom is -0.303 e. The molecule has 3 aromatic carbocycles. The quantitative estimate of drug-likeness (QED) is 0.237. The summed E-state index contributed by atoms with van der Waals surface area (Å²) in [6, 6.07) is 24.7. The van der Waals surface area contributed by atoms with Crippen LogP contribution in [0.15, 0.2) is 95.3 Å². The minimum absolute atomic E-state index is 0.190. The monoisotopic (exact) mass is 581 g/mol. The highest BCUT2D eigenvalue weighted by Gasteiger charge is 2.51. The zero-order valence-corrected chi connectivity index (χ0v) is 24.3. The molecule has 0 saturated carbocycles. The molecule has 7 heteroatoms. The Labute approximate surface area is 249 Å². The first-order valence-electron chi connectivity index (χ1n) is 14.8. The van der Waals surface area contributed by atoms with Crippen LogP contribution in [0.2, 0.25) is 0 Å². The van der Waals surface area contributed by atoms with Crippen molar-refractivity contribution in [3.8, 4) is 0 Å². The van der Waals surface area contributed by atoms with Gasteiger partial charge in [0.2, 0.25) is 0 Å². The van der Waals surface area contributed by atoms with E-state index in [4.69, 9.17) is 4.99 Å². The first-order chi connectivity index (χ1) is 20.5. The number of likely N-dealkylation sites (tertiary alicyclic amines) is 1. The summed E-state index contributed by atoms with van der Waals surface area (Å²) < 4.78 is 27.9. The van der Waals surface area contributed by atoms with E-state index in [1.54, 1.807) is 34.7 Å². The van der Waals surface area contributed by atoms with Gasteiger partial charge in [-0.05, 0) is 115 Å². The molecule has 2 aliphatic heterocycles. The Morgan fingerprint density at radius 1 is 0.786 bits per heavy atom. The van der Waals surface area contributed by atoms with Gasteiger partial charge in [-0.1, -0.05) is 54.6 Å². The molecular weight excluding hydrogens is 548 g/mol. The number of aliphatic imine (C=N–C) groups is 1. The maximum Gasteiger partial charge on any atom is 0.265 e. The molecule has 3 aliphatic rings. The van der Waals surface area contributed by atoms with E-state index >= 15 is 0 Å². The van der Waals surface area contributed by atoms with Crippen LogP contribution < -0.4 is 0 Å². The molecule has 0 atom stereocenters. The topological polar surface area (TPSA) is 35.9 Å². The summed E-state index contributed by atoms with van der Waals surface area (Å²) in [7, 11) is 0. The fourth-order valence-electron chi connectivity index (χ4n) is 7.23. The summed E-state index contributed by atoms with van der Waals surface area (Å²) in [6.45, 7) is 3.54. The van der Waals surface area contributed by atoms with Gasteiger partial charge in [-0.25, -0.2) is 13.8 Å². The summed E-state index contributed by atoms with van der Waals surface area (Å²) in [5, 5.41) is 1.97. The van der Waals surface area contributed by atoms with Crippen molar-refractivity contribution in [3.05, 3.63) is 129 Å². The molecule has 3 heterocycles. The van der Waals surface area contributed by atoms with E-state index in [9.17, 15) is 13.6 Å². The Morgan fingerprint density at radius 3 is 2.10 bits per heavy atom. The lowest BCUT2D eigenvalue weighted by molar-refractivity contribution is -0.130. The Hall–Kier alpha value is -3.68. The van der Waals surface area contributed by atoms with Gasteiger partial charge in [-0.2, -0.15) is 0 Å². The third-order valence-electron chi connectivity index (χ3n) is 9.48. The van der Waals surface area contributed by atoms with Crippen LogP contribution in [0.1, 0.15) is 52.8 Å². The normalized spacial score (nSPS) is 19.3. The SMILES string of the molecule is O=C1N(CCCN2CCC3(CCc4ccccc43)CC2)C(c2cccs2)=NC1(c1ccc(F)cc1)c1ccc(F)cc1. The lowest BCUT2D eigenvalue weighted by Gasteiger charge is -2.40. The number of nitrogens with zero attached hydrogens (tertiary/aromatic N) is 3. The molecular formula is C35H33F2N3OS. The summed E-state index contributed by atoms with van der Waals surface area (Å²) >= 11 is 1.53. The molecule has 1 aromatic heterocycles. The largest absolute Gasteiger partial charge is 0.303 e. The second kappa shape index (κ2) is 10.9. The maximum atomic E-state index is 14.5.